The van der Waals surface area contributed by atoms with Gasteiger partial charge in [-0.25, -0.2) is 0 Å². The van der Waals surface area contributed by atoms with Crippen LogP contribution in [0.25, 0.3) is 83.6 Å². The van der Waals surface area contributed by atoms with E-state index in [0.29, 0.717) is 5.92 Å². The van der Waals surface area contributed by atoms with Gasteiger partial charge in [-0.1, -0.05) is 141 Å². The summed E-state index contributed by atoms with van der Waals surface area (Å²) in [5, 5.41) is 9.28. The first kappa shape index (κ1) is 31.0. The summed E-state index contributed by atoms with van der Waals surface area (Å²) in [6, 6.07) is 44.0. The van der Waals surface area contributed by atoms with Crippen LogP contribution in [0.5, 0.6) is 0 Å². The summed E-state index contributed by atoms with van der Waals surface area (Å²) in [5.41, 5.74) is 14.3. The minimum atomic E-state index is -0.136. The zero-order valence-electron chi connectivity index (χ0n) is 31.1. The Labute approximate surface area is 320 Å². The fraction of sp³-hybridized carbons (Fsp3) is 0.132. The van der Waals surface area contributed by atoms with Crippen molar-refractivity contribution in [3.63, 3.8) is 0 Å². The summed E-state index contributed by atoms with van der Waals surface area (Å²) in [6.45, 7) is 4.82. The third kappa shape index (κ3) is 4.31. The van der Waals surface area contributed by atoms with Crippen LogP contribution in [0, 0.1) is 5.92 Å². The van der Waals surface area contributed by atoms with E-state index in [9.17, 15) is 0 Å². The molecule has 0 fully saturated rings. The number of fused-ring (bicyclic) bond motifs is 12. The third-order valence-corrected chi connectivity index (χ3v) is 13.1. The lowest BCUT2D eigenvalue weighted by Gasteiger charge is -2.30. The van der Waals surface area contributed by atoms with Crippen LogP contribution in [0.4, 0.5) is 0 Å². The van der Waals surface area contributed by atoms with Crippen molar-refractivity contribution in [3.8, 4) is 27.9 Å². The van der Waals surface area contributed by atoms with Crippen LogP contribution in [0.3, 0.4) is 0 Å². The minimum Gasteiger partial charge on any atom is -0.333 e. The van der Waals surface area contributed by atoms with Gasteiger partial charge in [0, 0.05) is 49.3 Å². The van der Waals surface area contributed by atoms with E-state index in [4.69, 9.17) is 0 Å². The predicted octanol–water partition coefficient (Wildman–Crippen LogP) is 12.0. The summed E-state index contributed by atoms with van der Waals surface area (Å²) < 4.78 is 5.12. The van der Waals surface area contributed by atoms with Crippen LogP contribution in [-0.4, -0.2) is 9.13 Å². The van der Waals surface area contributed by atoms with Crippen molar-refractivity contribution in [2.24, 2.45) is 5.92 Å². The molecule has 2 aromatic heterocycles. The molecule has 0 saturated heterocycles. The molecule has 0 amide bonds. The average molecular weight is 705 g/mol. The molecule has 2 nitrogen and oxygen atoms in total. The van der Waals surface area contributed by atoms with Crippen molar-refractivity contribution in [2.75, 3.05) is 0 Å². The highest BCUT2D eigenvalue weighted by Gasteiger charge is 2.38. The van der Waals surface area contributed by atoms with Gasteiger partial charge in [0.15, 0.2) is 0 Å². The summed E-state index contributed by atoms with van der Waals surface area (Å²) in [5.74, 6) is 0.337. The van der Waals surface area contributed by atoms with Gasteiger partial charge in [0.2, 0.25) is 0 Å². The molecule has 4 aliphatic rings. The van der Waals surface area contributed by atoms with Crippen molar-refractivity contribution in [1.29, 1.82) is 0 Å². The Balaban J connectivity index is 1.10. The first-order valence-corrected chi connectivity index (χ1v) is 19.8. The Morgan fingerprint density at radius 3 is 2.31 bits per heavy atom. The molecule has 0 aliphatic heterocycles. The highest BCUT2D eigenvalue weighted by molar-refractivity contribution is 6.15. The van der Waals surface area contributed by atoms with Crippen molar-refractivity contribution in [3.05, 3.63) is 185 Å². The zero-order chi connectivity index (χ0) is 36.4. The summed E-state index contributed by atoms with van der Waals surface area (Å²) in [7, 11) is 0. The van der Waals surface area contributed by atoms with Crippen LogP contribution in [0.15, 0.2) is 163 Å². The van der Waals surface area contributed by atoms with Gasteiger partial charge in [0.1, 0.15) is 0 Å². The Kier molecular flexibility index (Phi) is 6.38. The smallest absolute Gasteiger partial charge is 0.0629 e. The van der Waals surface area contributed by atoms with E-state index in [-0.39, 0.29) is 11.5 Å². The van der Waals surface area contributed by atoms with E-state index in [1.807, 2.05) is 0 Å². The normalized spacial score (nSPS) is 18.9. The van der Waals surface area contributed by atoms with Crippen LogP contribution < -0.4 is 10.6 Å². The van der Waals surface area contributed by atoms with Gasteiger partial charge in [-0.05, 0) is 105 Å². The fourth-order valence-corrected chi connectivity index (χ4v) is 10.6. The Morgan fingerprint density at radius 2 is 1.40 bits per heavy atom. The lowest BCUT2D eigenvalue weighted by atomic mass is 9.80. The second-order valence-electron chi connectivity index (χ2n) is 16.4. The predicted molar refractivity (Wildman–Crippen MR) is 232 cm³/mol. The van der Waals surface area contributed by atoms with Crippen LogP contribution >= 0.6 is 0 Å². The molecular weight excluding hydrogens is 665 g/mol. The van der Waals surface area contributed by atoms with Gasteiger partial charge < -0.3 is 9.13 Å². The summed E-state index contributed by atoms with van der Waals surface area (Å²) in [4.78, 5) is 0. The second kappa shape index (κ2) is 11.3. The number of allylic oxidation sites excluding steroid dienone is 8. The lowest BCUT2D eigenvalue weighted by molar-refractivity contribution is 0.511. The SMILES string of the molecule is CC1(C)c2ccccc2-c2ccc3c(c21)c1cc(-c2ccc4c(c2)c2c(n4C4C=CC=C5C=CC=CC54)=CCCC=2)ccc1n3-c1ccc2ccccc2c1. The monoisotopic (exact) mass is 704 g/mol. The number of nitrogens with zero attached hydrogens (tertiary/aromatic N) is 2. The summed E-state index contributed by atoms with van der Waals surface area (Å²) >= 11 is 0. The molecular formula is C53H40N2. The maximum absolute atomic E-state index is 2.62. The van der Waals surface area contributed by atoms with E-state index in [1.165, 1.54) is 98.7 Å². The Bertz CT molecular complexity index is 3240. The van der Waals surface area contributed by atoms with E-state index in [2.05, 4.69) is 193 Å². The molecule has 2 heteroatoms. The highest BCUT2D eigenvalue weighted by Crippen LogP contribution is 2.53. The molecule has 0 saturated carbocycles. The Morgan fingerprint density at radius 1 is 0.618 bits per heavy atom. The first-order chi connectivity index (χ1) is 27.0. The Hall–Kier alpha value is -6.38. The van der Waals surface area contributed by atoms with Gasteiger partial charge in [-0.2, -0.15) is 0 Å². The van der Waals surface area contributed by atoms with Crippen molar-refractivity contribution < 1.29 is 0 Å². The van der Waals surface area contributed by atoms with Crippen LogP contribution in [0.2, 0.25) is 0 Å². The number of hydrogen-bond acceptors (Lipinski definition) is 0. The third-order valence-electron chi connectivity index (χ3n) is 13.1. The molecule has 2 unspecified atom stereocenters. The number of hydrogen-bond donors (Lipinski definition) is 0. The van der Waals surface area contributed by atoms with Gasteiger partial charge in [0.05, 0.1) is 17.1 Å². The molecule has 2 heterocycles. The highest BCUT2D eigenvalue weighted by atomic mass is 15.0. The van der Waals surface area contributed by atoms with Crippen molar-refractivity contribution in [2.45, 2.75) is 38.1 Å². The molecule has 8 aromatic rings. The summed E-state index contributed by atoms with van der Waals surface area (Å²) in [6.07, 6.45) is 23.0. The van der Waals surface area contributed by atoms with E-state index < -0.39 is 0 Å². The fourth-order valence-electron chi connectivity index (χ4n) is 10.6. The first-order valence-electron chi connectivity index (χ1n) is 19.8. The molecule has 55 heavy (non-hydrogen) atoms. The molecule has 0 radical (unpaired) electrons. The molecule has 12 rings (SSSR count). The van der Waals surface area contributed by atoms with Gasteiger partial charge >= 0.3 is 0 Å². The minimum absolute atomic E-state index is 0.136. The number of benzene rings is 6. The zero-order valence-corrected chi connectivity index (χ0v) is 31.1. The van der Waals surface area contributed by atoms with Crippen LogP contribution in [-0.2, 0) is 5.41 Å². The van der Waals surface area contributed by atoms with Crippen molar-refractivity contribution >= 4 is 55.6 Å². The molecule has 6 aromatic carbocycles. The maximum atomic E-state index is 2.62. The van der Waals surface area contributed by atoms with E-state index in [0.717, 1.165) is 12.8 Å². The van der Waals surface area contributed by atoms with Gasteiger partial charge in [-0.3, -0.25) is 0 Å². The molecule has 262 valence electrons. The molecule has 0 N–H and O–H groups in total. The molecule has 0 bridgehead atoms. The van der Waals surface area contributed by atoms with E-state index in [1.54, 1.807) is 0 Å². The van der Waals surface area contributed by atoms with E-state index >= 15 is 0 Å². The maximum Gasteiger partial charge on any atom is 0.0629 e. The van der Waals surface area contributed by atoms with Gasteiger partial charge in [0.25, 0.3) is 0 Å². The largest absolute Gasteiger partial charge is 0.333 e. The molecule has 4 aliphatic carbocycles. The molecule has 2 atom stereocenters. The van der Waals surface area contributed by atoms with Gasteiger partial charge in [-0.15, -0.1) is 0 Å². The standard InChI is InChI=1S/C53H40N2/c1-53(2)45-19-9-7-17-40(45)42-26-29-50-51(52(42)53)44-32-37(24-28-49(44)54(50)38-25-22-33-12-3-4-14-35(33)30-38)36-23-27-48-43(31-36)41-18-8-10-20-47(41)55(48)46-21-11-15-34-13-5-6-16-39(34)46/h3-7,9,11-32,39,46H,8,10H2,1-2H3. The van der Waals surface area contributed by atoms with Crippen LogP contribution in [0.1, 0.15) is 43.9 Å². The lowest BCUT2D eigenvalue weighted by Crippen LogP contribution is -2.35. The van der Waals surface area contributed by atoms with Crippen molar-refractivity contribution in [1.82, 2.24) is 9.13 Å². The second-order valence-corrected chi connectivity index (χ2v) is 16.4. The number of rotatable bonds is 3. The topological polar surface area (TPSA) is 9.86 Å². The quantitative estimate of drug-likeness (QED) is 0.173. The molecule has 0 spiro atoms. The average Bonchev–Trinajstić information content (AvgIpc) is 3.83. The number of aromatic nitrogens is 2.